The number of nitrogens with zero attached hydrogens (tertiary/aromatic N) is 3. The van der Waals surface area contributed by atoms with Gasteiger partial charge in [0.1, 0.15) is 0 Å². The SMILES string of the molecule is NC(=O)[C@@H]1Cc2ccccc2CN1Cc1nc(-c2ccccc2Cl)no1. The highest BCUT2D eigenvalue weighted by Crippen LogP contribution is 2.27. The molecule has 2 aromatic carbocycles. The Kier molecular flexibility index (Phi) is 4.44. The number of hydrogen-bond acceptors (Lipinski definition) is 5. The van der Waals surface area contributed by atoms with Crippen LogP contribution in [0.5, 0.6) is 0 Å². The van der Waals surface area contributed by atoms with Gasteiger partial charge in [-0.25, -0.2) is 0 Å². The van der Waals surface area contributed by atoms with Crippen molar-refractivity contribution in [3.8, 4) is 11.4 Å². The van der Waals surface area contributed by atoms with Crippen LogP contribution in [0, 0.1) is 0 Å². The van der Waals surface area contributed by atoms with Crippen molar-refractivity contribution < 1.29 is 9.32 Å². The quantitative estimate of drug-likeness (QED) is 0.765. The van der Waals surface area contributed by atoms with E-state index in [4.69, 9.17) is 21.9 Å². The lowest BCUT2D eigenvalue weighted by Crippen LogP contribution is -2.48. The number of benzene rings is 2. The molecule has 0 fully saturated rings. The van der Waals surface area contributed by atoms with Gasteiger partial charge in [0.05, 0.1) is 17.6 Å². The summed E-state index contributed by atoms with van der Waals surface area (Å²) >= 11 is 6.19. The zero-order valence-electron chi connectivity index (χ0n) is 13.9. The molecule has 0 radical (unpaired) electrons. The van der Waals surface area contributed by atoms with Crippen LogP contribution in [0.2, 0.25) is 5.02 Å². The predicted octanol–water partition coefficient (Wildman–Crippen LogP) is 2.80. The molecular weight excluding hydrogens is 352 g/mol. The molecule has 0 unspecified atom stereocenters. The molecule has 0 aliphatic carbocycles. The molecule has 1 atom stereocenters. The van der Waals surface area contributed by atoms with Crippen molar-refractivity contribution in [2.24, 2.45) is 5.73 Å². The van der Waals surface area contributed by atoms with Crippen molar-refractivity contribution in [1.29, 1.82) is 0 Å². The third-order valence-corrected chi connectivity index (χ3v) is 4.93. The van der Waals surface area contributed by atoms with E-state index < -0.39 is 6.04 Å². The zero-order valence-corrected chi connectivity index (χ0v) is 14.7. The maximum absolute atomic E-state index is 11.9. The van der Waals surface area contributed by atoms with E-state index in [1.807, 2.05) is 41.3 Å². The first kappa shape index (κ1) is 16.8. The second-order valence-electron chi connectivity index (χ2n) is 6.29. The van der Waals surface area contributed by atoms with E-state index in [2.05, 4.69) is 16.2 Å². The second kappa shape index (κ2) is 6.90. The van der Waals surface area contributed by atoms with Crippen LogP contribution in [0.25, 0.3) is 11.4 Å². The van der Waals surface area contributed by atoms with Crippen LogP contribution in [0.1, 0.15) is 17.0 Å². The molecule has 1 aliphatic heterocycles. The van der Waals surface area contributed by atoms with Crippen molar-refractivity contribution in [2.75, 3.05) is 0 Å². The Morgan fingerprint density at radius 3 is 2.69 bits per heavy atom. The van der Waals surface area contributed by atoms with Gasteiger partial charge >= 0.3 is 0 Å². The Hall–Kier alpha value is -2.70. The van der Waals surface area contributed by atoms with Crippen molar-refractivity contribution in [3.05, 3.63) is 70.6 Å². The summed E-state index contributed by atoms with van der Waals surface area (Å²) in [6, 6.07) is 15.0. The molecule has 132 valence electrons. The Balaban J connectivity index is 1.58. The van der Waals surface area contributed by atoms with Crippen molar-refractivity contribution >= 4 is 17.5 Å². The molecule has 2 heterocycles. The lowest BCUT2D eigenvalue weighted by molar-refractivity contribution is -0.124. The maximum Gasteiger partial charge on any atom is 0.241 e. The monoisotopic (exact) mass is 368 g/mol. The van der Waals surface area contributed by atoms with Crippen LogP contribution in [0.15, 0.2) is 53.1 Å². The number of rotatable bonds is 4. The fourth-order valence-corrected chi connectivity index (χ4v) is 3.49. The summed E-state index contributed by atoms with van der Waals surface area (Å²) in [5.74, 6) is 0.495. The van der Waals surface area contributed by atoms with Crippen LogP contribution in [0.3, 0.4) is 0 Å². The van der Waals surface area contributed by atoms with Crippen LogP contribution in [-0.2, 0) is 24.3 Å². The van der Waals surface area contributed by atoms with Gasteiger partial charge in [-0.05, 0) is 29.7 Å². The smallest absolute Gasteiger partial charge is 0.241 e. The predicted molar refractivity (Wildman–Crippen MR) is 97.1 cm³/mol. The molecule has 2 N–H and O–H groups in total. The van der Waals surface area contributed by atoms with Gasteiger partial charge < -0.3 is 10.3 Å². The molecule has 26 heavy (non-hydrogen) atoms. The van der Waals surface area contributed by atoms with E-state index in [0.717, 1.165) is 5.56 Å². The number of fused-ring (bicyclic) bond motifs is 1. The van der Waals surface area contributed by atoms with Crippen LogP contribution in [-0.4, -0.2) is 27.0 Å². The molecule has 1 aromatic heterocycles. The Morgan fingerprint density at radius 2 is 1.92 bits per heavy atom. The minimum atomic E-state index is -0.402. The Labute approximate surface area is 155 Å². The fraction of sp³-hybridized carbons (Fsp3) is 0.211. The highest BCUT2D eigenvalue weighted by molar-refractivity contribution is 6.33. The molecule has 4 rings (SSSR count). The molecule has 3 aromatic rings. The topological polar surface area (TPSA) is 85.3 Å². The summed E-state index contributed by atoms with van der Waals surface area (Å²) in [4.78, 5) is 18.3. The summed E-state index contributed by atoms with van der Waals surface area (Å²) in [7, 11) is 0. The maximum atomic E-state index is 11.9. The Morgan fingerprint density at radius 1 is 1.19 bits per heavy atom. The molecule has 0 bridgehead atoms. The Bertz CT molecular complexity index is 956. The first-order valence-electron chi connectivity index (χ1n) is 8.29. The van der Waals surface area contributed by atoms with E-state index in [0.29, 0.717) is 41.8 Å². The minimum absolute atomic E-state index is 0.347. The number of amides is 1. The molecule has 1 aliphatic rings. The highest BCUT2D eigenvalue weighted by Gasteiger charge is 2.31. The van der Waals surface area contributed by atoms with Gasteiger partial charge in [0.25, 0.3) is 0 Å². The molecule has 0 spiro atoms. The standard InChI is InChI=1S/C19H17ClN4O2/c20-15-8-4-3-7-14(15)19-22-17(26-23-19)11-24-10-13-6-2-1-5-12(13)9-16(24)18(21)25/h1-8,16H,9-11H2,(H2,21,25)/t16-/m0/s1. The van der Waals surface area contributed by atoms with Gasteiger partial charge in [-0.3, -0.25) is 9.69 Å². The molecular formula is C19H17ClN4O2. The lowest BCUT2D eigenvalue weighted by Gasteiger charge is -2.33. The summed E-state index contributed by atoms with van der Waals surface area (Å²) in [5, 5.41) is 4.57. The minimum Gasteiger partial charge on any atom is -0.368 e. The number of carbonyl (C=O) groups excluding carboxylic acids is 1. The summed E-state index contributed by atoms with van der Waals surface area (Å²) < 4.78 is 5.38. The van der Waals surface area contributed by atoms with Crippen LogP contribution in [0.4, 0.5) is 0 Å². The molecule has 1 amide bonds. The number of hydrogen-bond donors (Lipinski definition) is 1. The van der Waals surface area contributed by atoms with Crippen molar-refractivity contribution in [1.82, 2.24) is 15.0 Å². The zero-order chi connectivity index (χ0) is 18.1. The van der Waals surface area contributed by atoms with Crippen LogP contribution < -0.4 is 5.73 Å². The van der Waals surface area contributed by atoms with Gasteiger partial charge in [-0.2, -0.15) is 4.98 Å². The van der Waals surface area contributed by atoms with E-state index >= 15 is 0 Å². The summed E-state index contributed by atoms with van der Waals surface area (Å²) in [6.07, 6.45) is 0.580. The molecule has 0 saturated heterocycles. The van der Waals surface area contributed by atoms with Crippen molar-refractivity contribution in [3.63, 3.8) is 0 Å². The number of nitrogens with two attached hydrogens (primary N) is 1. The van der Waals surface area contributed by atoms with E-state index in [-0.39, 0.29) is 5.91 Å². The summed E-state index contributed by atoms with van der Waals surface area (Å²) in [5.41, 5.74) is 8.65. The van der Waals surface area contributed by atoms with E-state index in [1.165, 1.54) is 5.56 Å². The molecule has 7 heteroatoms. The first-order valence-corrected chi connectivity index (χ1v) is 8.67. The average molecular weight is 369 g/mol. The largest absolute Gasteiger partial charge is 0.368 e. The summed E-state index contributed by atoms with van der Waals surface area (Å²) in [6.45, 7) is 0.951. The third-order valence-electron chi connectivity index (χ3n) is 4.60. The van der Waals surface area contributed by atoms with Gasteiger partial charge in [0, 0.05) is 12.1 Å². The van der Waals surface area contributed by atoms with Gasteiger partial charge in [-0.15, -0.1) is 0 Å². The van der Waals surface area contributed by atoms with E-state index in [9.17, 15) is 4.79 Å². The normalized spacial score (nSPS) is 17.0. The number of carbonyl (C=O) groups is 1. The van der Waals surface area contributed by atoms with Crippen LogP contribution >= 0.6 is 11.6 Å². The number of aromatic nitrogens is 2. The van der Waals surface area contributed by atoms with E-state index in [1.54, 1.807) is 6.07 Å². The first-order chi connectivity index (χ1) is 12.6. The highest BCUT2D eigenvalue weighted by atomic mass is 35.5. The van der Waals surface area contributed by atoms with Gasteiger partial charge in [-0.1, -0.05) is 53.2 Å². The number of primary amides is 1. The second-order valence-corrected chi connectivity index (χ2v) is 6.69. The van der Waals surface area contributed by atoms with Gasteiger partial charge in [0.15, 0.2) is 0 Å². The molecule has 0 saturated carbocycles. The van der Waals surface area contributed by atoms with Crippen molar-refractivity contribution in [2.45, 2.75) is 25.6 Å². The third kappa shape index (κ3) is 3.21. The fourth-order valence-electron chi connectivity index (χ4n) is 3.27. The average Bonchev–Trinajstić information content (AvgIpc) is 3.09. The number of halogens is 1. The molecule has 6 nitrogen and oxygen atoms in total. The lowest BCUT2D eigenvalue weighted by atomic mass is 9.93. The van der Waals surface area contributed by atoms with Gasteiger partial charge in [0.2, 0.25) is 17.6 Å².